The summed E-state index contributed by atoms with van der Waals surface area (Å²) in [7, 11) is 0. The van der Waals surface area contributed by atoms with E-state index in [0.29, 0.717) is 11.3 Å². The molecule has 1 aromatic heterocycles. The largest absolute Gasteiger partial charge is 0.461 e. The number of aromatic nitrogens is 2. The zero-order valence-corrected chi connectivity index (χ0v) is 13.7. The summed E-state index contributed by atoms with van der Waals surface area (Å²) in [5.41, 5.74) is 1.85. The number of hydrogen-bond acceptors (Lipinski definition) is 6. The molecule has 2 rings (SSSR count). The SMILES string of the molecule is CCCCc1cnc(C(=O)OCC)c(-c2ccc([N+](=O)[O-])cc2)n1. The predicted molar refractivity (Wildman–Crippen MR) is 88.7 cm³/mol. The molecule has 0 N–H and O–H groups in total. The van der Waals surface area contributed by atoms with Gasteiger partial charge in [-0.2, -0.15) is 0 Å². The van der Waals surface area contributed by atoms with Gasteiger partial charge in [-0.1, -0.05) is 13.3 Å². The van der Waals surface area contributed by atoms with Crippen molar-refractivity contribution in [1.29, 1.82) is 0 Å². The summed E-state index contributed by atoms with van der Waals surface area (Å²) < 4.78 is 5.02. The molecule has 24 heavy (non-hydrogen) atoms. The lowest BCUT2D eigenvalue weighted by atomic mass is 10.1. The molecule has 0 unspecified atom stereocenters. The molecule has 7 nitrogen and oxygen atoms in total. The molecule has 0 spiro atoms. The van der Waals surface area contributed by atoms with Crippen molar-refractivity contribution in [3.8, 4) is 11.3 Å². The molecule has 0 aliphatic rings. The van der Waals surface area contributed by atoms with Crippen LogP contribution in [0.1, 0.15) is 42.9 Å². The van der Waals surface area contributed by atoms with Gasteiger partial charge in [-0.3, -0.25) is 10.1 Å². The Balaban J connectivity index is 2.45. The summed E-state index contributed by atoms with van der Waals surface area (Å²) in [6.45, 7) is 4.03. The number of non-ortho nitro benzene ring substituents is 1. The smallest absolute Gasteiger partial charge is 0.359 e. The Morgan fingerprint density at radius 1 is 1.25 bits per heavy atom. The number of carbonyl (C=O) groups is 1. The van der Waals surface area contributed by atoms with Gasteiger partial charge in [-0.05, 0) is 31.9 Å². The average Bonchev–Trinajstić information content (AvgIpc) is 2.60. The van der Waals surface area contributed by atoms with Gasteiger partial charge in [-0.15, -0.1) is 0 Å². The van der Waals surface area contributed by atoms with Gasteiger partial charge in [0.2, 0.25) is 0 Å². The minimum atomic E-state index is -0.555. The van der Waals surface area contributed by atoms with Crippen LogP contribution < -0.4 is 0 Å². The van der Waals surface area contributed by atoms with Crippen LogP contribution in [-0.4, -0.2) is 27.5 Å². The van der Waals surface area contributed by atoms with Crippen molar-refractivity contribution in [3.05, 3.63) is 52.0 Å². The van der Waals surface area contributed by atoms with E-state index in [1.165, 1.54) is 12.1 Å². The van der Waals surface area contributed by atoms with Crippen LogP contribution in [0.4, 0.5) is 5.69 Å². The molecule has 0 fully saturated rings. The number of rotatable bonds is 7. The van der Waals surface area contributed by atoms with Crippen LogP contribution in [0.15, 0.2) is 30.5 Å². The maximum Gasteiger partial charge on any atom is 0.359 e. The van der Waals surface area contributed by atoms with Crippen molar-refractivity contribution in [2.75, 3.05) is 6.61 Å². The van der Waals surface area contributed by atoms with Crippen molar-refractivity contribution < 1.29 is 14.5 Å². The fourth-order valence-corrected chi connectivity index (χ4v) is 2.20. The second-order valence-corrected chi connectivity index (χ2v) is 5.19. The Morgan fingerprint density at radius 2 is 1.96 bits per heavy atom. The molecular weight excluding hydrogens is 310 g/mol. The molecule has 0 saturated heterocycles. The van der Waals surface area contributed by atoms with Crippen LogP contribution in [0.3, 0.4) is 0 Å². The number of nitrogens with zero attached hydrogens (tertiary/aromatic N) is 3. The number of esters is 1. The number of nitro groups is 1. The van der Waals surface area contributed by atoms with E-state index in [2.05, 4.69) is 16.9 Å². The summed E-state index contributed by atoms with van der Waals surface area (Å²) in [5.74, 6) is -0.555. The molecule has 0 saturated carbocycles. The molecule has 1 aromatic carbocycles. The van der Waals surface area contributed by atoms with E-state index < -0.39 is 10.9 Å². The molecule has 0 radical (unpaired) electrons. The van der Waals surface area contributed by atoms with E-state index in [0.717, 1.165) is 25.0 Å². The van der Waals surface area contributed by atoms with Crippen molar-refractivity contribution >= 4 is 11.7 Å². The third-order valence-electron chi connectivity index (χ3n) is 3.43. The van der Waals surface area contributed by atoms with E-state index >= 15 is 0 Å². The van der Waals surface area contributed by atoms with Crippen molar-refractivity contribution in [1.82, 2.24) is 9.97 Å². The highest BCUT2D eigenvalue weighted by atomic mass is 16.6. The van der Waals surface area contributed by atoms with Crippen LogP contribution >= 0.6 is 0 Å². The standard InChI is InChI=1S/C17H19N3O4/c1-3-5-6-13-11-18-16(17(21)24-4-2)15(19-13)12-7-9-14(10-8-12)20(22)23/h7-11H,3-6H2,1-2H3. The first-order valence-corrected chi connectivity index (χ1v) is 7.84. The number of nitro benzene ring substituents is 1. The first-order chi connectivity index (χ1) is 11.6. The number of ether oxygens (including phenoxy) is 1. The van der Waals surface area contributed by atoms with E-state index in [1.807, 2.05) is 0 Å². The molecular formula is C17H19N3O4. The lowest BCUT2D eigenvalue weighted by Crippen LogP contribution is -2.11. The zero-order chi connectivity index (χ0) is 17.5. The van der Waals surface area contributed by atoms with Gasteiger partial charge < -0.3 is 4.74 Å². The van der Waals surface area contributed by atoms with Crippen molar-refractivity contribution in [2.24, 2.45) is 0 Å². The summed E-state index contributed by atoms with van der Waals surface area (Å²) in [5, 5.41) is 10.8. The molecule has 0 aliphatic carbocycles. The minimum Gasteiger partial charge on any atom is -0.461 e. The fourth-order valence-electron chi connectivity index (χ4n) is 2.20. The second kappa shape index (κ2) is 8.14. The Morgan fingerprint density at radius 3 is 2.54 bits per heavy atom. The number of carbonyl (C=O) groups excluding carboxylic acids is 1. The number of aryl methyl sites for hydroxylation is 1. The topological polar surface area (TPSA) is 95.2 Å². The Bertz CT molecular complexity index is 729. The van der Waals surface area contributed by atoms with Crippen LogP contribution in [0, 0.1) is 10.1 Å². The minimum absolute atomic E-state index is 0.0217. The van der Waals surface area contributed by atoms with Gasteiger partial charge >= 0.3 is 5.97 Å². The quantitative estimate of drug-likeness (QED) is 0.438. The van der Waals surface area contributed by atoms with Crippen LogP contribution in [0.5, 0.6) is 0 Å². The molecule has 0 bridgehead atoms. The van der Waals surface area contributed by atoms with Gasteiger partial charge in [0, 0.05) is 23.9 Å². The highest BCUT2D eigenvalue weighted by molar-refractivity contribution is 5.94. The summed E-state index contributed by atoms with van der Waals surface area (Å²) in [6.07, 6.45) is 4.32. The van der Waals surface area contributed by atoms with Gasteiger partial charge in [0.1, 0.15) is 5.69 Å². The lowest BCUT2D eigenvalue weighted by Gasteiger charge is -2.09. The summed E-state index contributed by atoms with van der Waals surface area (Å²) in [4.78, 5) is 31.2. The summed E-state index contributed by atoms with van der Waals surface area (Å²) >= 11 is 0. The van der Waals surface area contributed by atoms with E-state index in [1.54, 1.807) is 25.3 Å². The fraction of sp³-hybridized carbons (Fsp3) is 0.353. The summed E-state index contributed by atoms with van der Waals surface area (Å²) in [6, 6.07) is 5.89. The van der Waals surface area contributed by atoms with Gasteiger partial charge in [0.25, 0.3) is 5.69 Å². The first-order valence-electron chi connectivity index (χ1n) is 7.84. The molecule has 1 heterocycles. The van der Waals surface area contributed by atoms with Crippen molar-refractivity contribution in [3.63, 3.8) is 0 Å². The molecule has 7 heteroatoms. The van der Waals surface area contributed by atoms with Gasteiger partial charge in [0.05, 0.1) is 17.2 Å². The van der Waals surface area contributed by atoms with E-state index in [4.69, 9.17) is 4.74 Å². The number of benzene rings is 1. The Hall–Kier alpha value is -2.83. The third-order valence-corrected chi connectivity index (χ3v) is 3.43. The Kier molecular flexibility index (Phi) is 5.95. The van der Waals surface area contributed by atoms with Crippen LogP contribution in [0.2, 0.25) is 0 Å². The normalized spacial score (nSPS) is 10.4. The average molecular weight is 329 g/mol. The molecule has 0 aliphatic heterocycles. The number of hydrogen-bond donors (Lipinski definition) is 0. The van der Waals surface area contributed by atoms with Crippen LogP contribution in [-0.2, 0) is 11.2 Å². The molecule has 0 amide bonds. The Labute approximate surface area is 139 Å². The monoisotopic (exact) mass is 329 g/mol. The van der Waals surface area contributed by atoms with Crippen molar-refractivity contribution in [2.45, 2.75) is 33.1 Å². The van der Waals surface area contributed by atoms with Crippen LogP contribution in [0.25, 0.3) is 11.3 Å². The van der Waals surface area contributed by atoms with E-state index in [-0.39, 0.29) is 18.0 Å². The number of unbranched alkanes of at least 4 members (excludes halogenated alkanes) is 1. The van der Waals surface area contributed by atoms with Gasteiger partial charge in [0.15, 0.2) is 5.69 Å². The zero-order valence-electron chi connectivity index (χ0n) is 13.7. The first kappa shape index (κ1) is 17.5. The maximum atomic E-state index is 12.1. The predicted octanol–water partition coefficient (Wildman–Crippen LogP) is 3.57. The second-order valence-electron chi connectivity index (χ2n) is 5.19. The molecule has 2 aromatic rings. The molecule has 126 valence electrons. The highest BCUT2D eigenvalue weighted by Gasteiger charge is 2.19. The van der Waals surface area contributed by atoms with E-state index in [9.17, 15) is 14.9 Å². The molecule has 0 atom stereocenters. The lowest BCUT2D eigenvalue weighted by molar-refractivity contribution is -0.384. The third kappa shape index (κ3) is 4.13. The van der Waals surface area contributed by atoms with Gasteiger partial charge in [-0.25, -0.2) is 14.8 Å². The highest BCUT2D eigenvalue weighted by Crippen LogP contribution is 2.24. The maximum absolute atomic E-state index is 12.1.